The maximum Gasteiger partial charge on any atom is 0.217 e. The zero-order valence-electron chi connectivity index (χ0n) is 12.2. The van der Waals surface area contributed by atoms with Crippen LogP contribution in [-0.2, 0) is 0 Å². The highest BCUT2D eigenvalue weighted by atomic mass is 35.5. The molecule has 0 aliphatic heterocycles. The van der Waals surface area contributed by atoms with Crippen molar-refractivity contribution in [3.8, 4) is 17.3 Å². The molecule has 0 amide bonds. The highest BCUT2D eigenvalue weighted by Gasteiger charge is 2.15. The third-order valence-electron chi connectivity index (χ3n) is 3.72. The molecule has 0 radical (unpaired) electrons. The van der Waals surface area contributed by atoms with Crippen LogP contribution < -0.4 is 0 Å². The van der Waals surface area contributed by atoms with Crippen LogP contribution in [0.1, 0.15) is 0 Å². The van der Waals surface area contributed by atoms with Gasteiger partial charge in [-0.2, -0.15) is 5.10 Å². The van der Waals surface area contributed by atoms with Gasteiger partial charge >= 0.3 is 0 Å². The van der Waals surface area contributed by atoms with Gasteiger partial charge in [0.05, 0.1) is 23.5 Å². The van der Waals surface area contributed by atoms with E-state index in [1.165, 1.54) is 0 Å². The topological polar surface area (TPSA) is 74.0 Å². The molecule has 0 aliphatic carbocycles. The van der Waals surface area contributed by atoms with Crippen LogP contribution in [0, 0.1) is 0 Å². The molecule has 0 fully saturated rings. The largest absolute Gasteiger partial charge is 0.461 e. The fourth-order valence-electron chi connectivity index (χ4n) is 2.60. The number of nitrogens with zero attached hydrogens (tertiary/aromatic N) is 6. The van der Waals surface area contributed by atoms with Gasteiger partial charge < -0.3 is 4.42 Å². The van der Waals surface area contributed by atoms with Gasteiger partial charge in [0.15, 0.2) is 17.1 Å². The van der Waals surface area contributed by atoms with E-state index in [0.29, 0.717) is 27.9 Å². The van der Waals surface area contributed by atoms with Gasteiger partial charge in [-0.1, -0.05) is 11.6 Å². The van der Waals surface area contributed by atoms with Crippen molar-refractivity contribution >= 4 is 28.3 Å². The third-order valence-corrected chi connectivity index (χ3v) is 3.97. The first-order valence-corrected chi connectivity index (χ1v) is 7.56. The Hall–Kier alpha value is -3.19. The van der Waals surface area contributed by atoms with E-state index in [4.69, 9.17) is 16.0 Å². The molecule has 0 saturated carbocycles. The van der Waals surface area contributed by atoms with E-state index in [1.54, 1.807) is 34.1 Å². The second kappa shape index (κ2) is 4.90. The molecule has 4 heterocycles. The van der Waals surface area contributed by atoms with E-state index in [0.717, 1.165) is 11.1 Å². The SMILES string of the molecule is Clc1ccc(-n2ncc3c2ncn2nc(-c4ccco4)nc32)cc1. The van der Waals surface area contributed by atoms with Crippen LogP contribution >= 0.6 is 11.6 Å². The molecule has 0 N–H and O–H groups in total. The maximum atomic E-state index is 5.95. The second-order valence-corrected chi connectivity index (χ2v) is 5.63. The van der Waals surface area contributed by atoms with E-state index in [1.807, 2.05) is 30.3 Å². The zero-order chi connectivity index (χ0) is 16.1. The first-order valence-electron chi connectivity index (χ1n) is 7.18. The first kappa shape index (κ1) is 13.3. The van der Waals surface area contributed by atoms with Crippen molar-refractivity contribution in [1.29, 1.82) is 0 Å². The molecule has 0 saturated heterocycles. The molecule has 7 nitrogen and oxygen atoms in total. The van der Waals surface area contributed by atoms with E-state index >= 15 is 0 Å². The van der Waals surface area contributed by atoms with Crippen LogP contribution in [0.4, 0.5) is 0 Å². The van der Waals surface area contributed by atoms with E-state index in [2.05, 4.69) is 20.2 Å². The van der Waals surface area contributed by atoms with Crippen molar-refractivity contribution in [2.24, 2.45) is 0 Å². The minimum Gasteiger partial charge on any atom is -0.461 e. The third kappa shape index (κ3) is 1.92. The van der Waals surface area contributed by atoms with E-state index in [-0.39, 0.29) is 0 Å². The Balaban J connectivity index is 1.73. The van der Waals surface area contributed by atoms with Gasteiger partial charge in [-0.05, 0) is 36.4 Å². The number of furan rings is 1. The summed E-state index contributed by atoms with van der Waals surface area (Å²) < 4.78 is 8.72. The standard InChI is InChI=1S/C16H9ClN6O/c17-10-3-5-11(6-4-10)23-15-12(8-19-23)16-20-14(13-2-1-7-24-13)21-22(16)9-18-15/h1-9H. The number of benzene rings is 1. The first-order chi connectivity index (χ1) is 11.8. The number of halogens is 1. The van der Waals surface area contributed by atoms with Crippen molar-refractivity contribution < 1.29 is 4.42 Å². The Labute approximate surface area is 140 Å². The van der Waals surface area contributed by atoms with Crippen LogP contribution in [0.5, 0.6) is 0 Å². The van der Waals surface area contributed by atoms with Gasteiger partial charge in [0.1, 0.15) is 6.33 Å². The summed E-state index contributed by atoms with van der Waals surface area (Å²) in [6, 6.07) is 11.0. The normalized spacial score (nSPS) is 11.5. The van der Waals surface area contributed by atoms with Crippen LogP contribution in [0.15, 0.2) is 59.6 Å². The highest BCUT2D eigenvalue weighted by molar-refractivity contribution is 6.30. The second-order valence-electron chi connectivity index (χ2n) is 5.20. The predicted octanol–water partition coefficient (Wildman–Crippen LogP) is 3.38. The van der Waals surface area contributed by atoms with Crippen molar-refractivity contribution in [2.45, 2.75) is 0 Å². The average Bonchev–Trinajstić information content (AvgIpc) is 3.33. The molecule has 0 unspecified atom stereocenters. The van der Waals surface area contributed by atoms with Gasteiger partial charge in [0.25, 0.3) is 0 Å². The monoisotopic (exact) mass is 336 g/mol. The molecule has 8 heteroatoms. The minimum absolute atomic E-state index is 0.508. The average molecular weight is 337 g/mol. The minimum atomic E-state index is 0.508. The summed E-state index contributed by atoms with van der Waals surface area (Å²) in [6.45, 7) is 0. The van der Waals surface area contributed by atoms with Gasteiger partial charge in [0, 0.05) is 5.02 Å². The van der Waals surface area contributed by atoms with Gasteiger partial charge in [-0.3, -0.25) is 0 Å². The summed E-state index contributed by atoms with van der Waals surface area (Å²) in [6.07, 6.45) is 4.94. The summed E-state index contributed by atoms with van der Waals surface area (Å²) in [5, 5.41) is 10.3. The molecule has 5 aromatic rings. The lowest BCUT2D eigenvalue weighted by atomic mass is 10.3. The molecule has 0 bridgehead atoms. The summed E-state index contributed by atoms with van der Waals surface area (Å²) in [5.41, 5.74) is 2.24. The fraction of sp³-hybridized carbons (Fsp3) is 0. The molecule has 0 atom stereocenters. The van der Waals surface area contributed by atoms with Crippen molar-refractivity contribution in [3.05, 3.63) is 60.2 Å². The van der Waals surface area contributed by atoms with Crippen molar-refractivity contribution in [2.75, 3.05) is 0 Å². The summed E-state index contributed by atoms with van der Waals surface area (Å²) in [4.78, 5) is 9.01. The van der Waals surface area contributed by atoms with Gasteiger partial charge in [-0.25, -0.2) is 19.2 Å². The fourth-order valence-corrected chi connectivity index (χ4v) is 2.73. The Bertz CT molecular complexity index is 1160. The lowest BCUT2D eigenvalue weighted by molar-refractivity contribution is 0.577. The Kier molecular flexibility index (Phi) is 2.71. The molecule has 116 valence electrons. The van der Waals surface area contributed by atoms with E-state index < -0.39 is 0 Å². The lowest BCUT2D eigenvalue weighted by Crippen LogP contribution is -1.98. The van der Waals surface area contributed by atoms with Gasteiger partial charge in [-0.15, -0.1) is 5.10 Å². The van der Waals surface area contributed by atoms with Crippen LogP contribution in [0.2, 0.25) is 5.02 Å². The number of hydrogen-bond donors (Lipinski definition) is 0. The summed E-state index contributed by atoms with van der Waals surface area (Å²) in [7, 11) is 0. The number of aromatic nitrogens is 6. The summed E-state index contributed by atoms with van der Waals surface area (Å²) in [5.74, 6) is 1.12. The predicted molar refractivity (Wildman–Crippen MR) is 88.1 cm³/mol. The van der Waals surface area contributed by atoms with Crippen LogP contribution in [0.3, 0.4) is 0 Å². The molecule has 4 aromatic heterocycles. The molecule has 5 rings (SSSR count). The van der Waals surface area contributed by atoms with Crippen LogP contribution in [0.25, 0.3) is 34.0 Å². The van der Waals surface area contributed by atoms with Crippen molar-refractivity contribution in [3.63, 3.8) is 0 Å². The number of hydrogen-bond acceptors (Lipinski definition) is 5. The highest BCUT2D eigenvalue weighted by Crippen LogP contribution is 2.23. The van der Waals surface area contributed by atoms with Gasteiger partial charge in [0.2, 0.25) is 5.82 Å². The molecule has 24 heavy (non-hydrogen) atoms. The Morgan fingerprint density at radius 1 is 1.04 bits per heavy atom. The number of rotatable bonds is 2. The van der Waals surface area contributed by atoms with Crippen molar-refractivity contribution in [1.82, 2.24) is 29.4 Å². The smallest absolute Gasteiger partial charge is 0.217 e. The lowest BCUT2D eigenvalue weighted by Gasteiger charge is -2.02. The maximum absolute atomic E-state index is 5.95. The molecule has 0 aliphatic rings. The van der Waals surface area contributed by atoms with E-state index in [9.17, 15) is 0 Å². The quantitative estimate of drug-likeness (QED) is 0.494. The molecule has 1 aromatic carbocycles. The Morgan fingerprint density at radius 3 is 2.71 bits per heavy atom. The Morgan fingerprint density at radius 2 is 1.92 bits per heavy atom. The number of fused-ring (bicyclic) bond motifs is 3. The molecule has 0 spiro atoms. The zero-order valence-corrected chi connectivity index (χ0v) is 12.9. The van der Waals surface area contributed by atoms with Crippen LogP contribution in [-0.4, -0.2) is 29.4 Å². The molecular formula is C16H9ClN6O. The summed E-state index contributed by atoms with van der Waals surface area (Å²) >= 11 is 5.95. The molecular weight excluding hydrogens is 328 g/mol.